The Morgan fingerprint density at radius 1 is 1.00 bits per heavy atom. The van der Waals surface area contributed by atoms with Crippen molar-refractivity contribution in [1.29, 1.82) is 0 Å². The maximum absolute atomic E-state index is 12.2. The number of nitrogens with one attached hydrogen (secondary N) is 1. The number of amides is 1. The first-order valence-electron chi connectivity index (χ1n) is 7.35. The summed E-state index contributed by atoms with van der Waals surface area (Å²) in [6.45, 7) is 12.3. The second-order valence-corrected chi connectivity index (χ2v) is 6.10. The number of carbonyl (C=O) groups excluding carboxylic acids is 1. The van der Waals surface area contributed by atoms with Gasteiger partial charge < -0.3 is 10.1 Å². The summed E-state index contributed by atoms with van der Waals surface area (Å²) in [6, 6.07) is 7.91. The topological polar surface area (TPSA) is 38.3 Å². The lowest BCUT2D eigenvalue weighted by molar-refractivity contribution is -0.128. The quantitative estimate of drug-likeness (QED) is 0.863. The van der Waals surface area contributed by atoms with Crippen LogP contribution in [0.1, 0.15) is 40.2 Å². The summed E-state index contributed by atoms with van der Waals surface area (Å²) < 4.78 is 5.68. The van der Waals surface area contributed by atoms with Gasteiger partial charge in [-0.15, -0.1) is 0 Å². The molecule has 0 aliphatic heterocycles. The molecule has 3 heteroatoms. The normalized spacial score (nSPS) is 12.8. The third-order valence-corrected chi connectivity index (χ3v) is 3.45. The van der Waals surface area contributed by atoms with Crippen LogP contribution in [0.4, 0.5) is 0 Å². The molecule has 0 saturated carbocycles. The number of carbonyl (C=O) groups is 1. The first-order valence-corrected chi connectivity index (χ1v) is 7.35. The van der Waals surface area contributed by atoms with E-state index in [0.717, 1.165) is 5.75 Å². The van der Waals surface area contributed by atoms with Gasteiger partial charge in [0.25, 0.3) is 5.91 Å². The van der Waals surface area contributed by atoms with Crippen LogP contribution >= 0.6 is 0 Å². The minimum absolute atomic E-state index is 0.0574. The molecule has 0 radical (unpaired) electrons. The predicted molar refractivity (Wildman–Crippen MR) is 82.9 cm³/mol. The molecule has 0 aromatic heterocycles. The van der Waals surface area contributed by atoms with Crippen molar-refractivity contribution in [2.45, 2.75) is 53.7 Å². The number of aryl methyl sites for hydroxylation is 1. The van der Waals surface area contributed by atoms with Crippen molar-refractivity contribution in [2.75, 3.05) is 0 Å². The van der Waals surface area contributed by atoms with Gasteiger partial charge in [0.15, 0.2) is 6.10 Å². The van der Waals surface area contributed by atoms with Crippen LogP contribution in [0.5, 0.6) is 5.75 Å². The number of rotatable bonds is 6. The summed E-state index contributed by atoms with van der Waals surface area (Å²) in [4.78, 5) is 12.2. The zero-order valence-corrected chi connectivity index (χ0v) is 13.4. The fraction of sp³-hybridized carbons (Fsp3) is 0.588. The van der Waals surface area contributed by atoms with Gasteiger partial charge >= 0.3 is 0 Å². The number of ether oxygens (including phenoxy) is 1. The Labute approximate surface area is 122 Å². The van der Waals surface area contributed by atoms with Crippen LogP contribution in [0.2, 0.25) is 0 Å². The molecule has 0 aliphatic carbocycles. The average Bonchev–Trinajstić information content (AvgIpc) is 2.37. The highest BCUT2D eigenvalue weighted by atomic mass is 16.5. The van der Waals surface area contributed by atoms with E-state index < -0.39 is 6.10 Å². The van der Waals surface area contributed by atoms with E-state index in [4.69, 9.17) is 4.74 Å². The van der Waals surface area contributed by atoms with Gasteiger partial charge in [0.05, 0.1) is 0 Å². The van der Waals surface area contributed by atoms with Crippen LogP contribution in [-0.4, -0.2) is 18.1 Å². The van der Waals surface area contributed by atoms with Gasteiger partial charge in [0.1, 0.15) is 5.75 Å². The van der Waals surface area contributed by atoms with Crippen LogP contribution in [0, 0.1) is 18.8 Å². The first-order chi connectivity index (χ1) is 9.31. The lowest BCUT2D eigenvalue weighted by atomic mass is 9.93. The molecule has 0 unspecified atom stereocenters. The van der Waals surface area contributed by atoms with E-state index in [0.29, 0.717) is 11.8 Å². The van der Waals surface area contributed by atoms with Gasteiger partial charge in [-0.3, -0.25) is 4.79 Å². The lowest BCUT2D eigenvalue weighted by Crippen LogP contribution is -2.47. The monoisotopic (exact) mass is 277 g/mol. The fourth-order valence-electron chi connectivity index (χ4n) is 2.26. The van der Waals surface area contributed by atoms with Crippen molar-refractivity contribution in [3.8, 4) is 5.75 Å². The maximum Gasteiger partial charge on any atom is 0.261 e. The number of hydrogen-bond acceptors (Lipinski definition) is 2. The molecule has 0 saturated heterocycles. The van der Waals surface area contributed by atoms with E-state index >= 15 is 0 Å². The highest BCUT2D eigenvalue weighted by Crippen LogP contribution is 2.15. The molecule has 1 aromatic rings. The van der Waals surface area contributed by atoms with Crippen molar-refractivity contribution in [3.05, 3.63) is 29.8 Å². The zero-order chi connectivity index (χ0) is 15.3. The van der Waals surface area contributed by atoms with Crippen molar-refractivity contribution in [3.63, 3.8) is 0 Å². The molecule has 0 spiro atoms. The van der Waals surface area contributed by atoms with Gasteiger partial charge in [-0.25, -0.2) is 0 Å². The molecular weight excluding hydrogens is 250 g/mol. The van der Waals surface area contributed by atoms with E-state index in [2.05, 4.69) is 33.0 Å². The third kappa shape index (κ3) is 4.87. The van der Waals surface area contributed by atoms with Gasteiger partial charge in [-0.05, 0) is 37.8 Å². The van der Waals surface area contributed by atoms with Crippen molar-refractivity contribution >= 4 is 5.91 Å². The van der Waals surface area contributed by atoms with E-state index in [9.17, 15) is 4.79 Å². The molecule has 0 fully saturated rings. The Bertz CT molecular complexity index is 415. The SMILES string of the molecule is Cc1ccc(O[C@H](C)C(=O)NC(C(C)C)C(C)C)cc1. The Morgan fingerprint density at radius 3 is 1.95 bits per heavy atom. The Balaban J connectivity index is 2.60. The molecule has 1 rings (SSSR count). The van der Waals surface area contributed by atoms with Gasteiger partial charge in [0.2, 0.25) is 0 Å². The minimum atomic E-state index is -0.488. The van der Waals surface area contributed by atoms with Gasteiger partial charge in [0, 0.05) is 6.04 Å². The van der Waals surface area contributed by atoms with Gasteiger partial charge in [-0.1, -0.05) is 45.4 Å². The molecule has 1 atom stereocenters. The molecular formula is C17H27NO2. The molecule has 3 nitrogen and oxygen atoms in total. The van der Waals surface area contributed by atoms with Crippen LogP contribution in [-0.2, 0) is 4.79 Å². The van der Waals surface area contributed by atoms with E-state index in [-0.39, 0.29) is 11.9 Å². The van der Waals surface area contributed by atoms with Crippen molar-refractivity contribution in [1.82, 2.24) is 5.32 Å². The smallest absolute Gasteiger partial charge is 0.261 e. The molecule has 1 amide bonds. The molecule has 0 bridgehead atoms. The lowest BCUT2D eigenvalue weighted by Gasteiger charge is -2.27. The van der Waals surface area contributed by atoms with Gasteiger partial charge in [-0.2, -0.15) is 0 Å². The minimum Gasteiger partial charge on any atom is -0.481 e. The number of benzene rings is 1. The van der Waals surface area contributed by atoms with Crippen LogP contribution < -0.4 is 10.1 Å². The van der Waals surface area contributed by atoms with Crippen LogP contribution in [0.3, 0.4) is 0 Å². The summed E-state index contributed by atoms with van der Waals surface area (Å²) in [5.41, 5.74) is 1.18. The van der Waals surface area contributed by atoms with Crippen LogP contribution in [0.25, 0.3) is 0 Å². The second-order valence-electron chi connectivity index (χ2n) is 6.10. The van der Waals surface area contributed by atoms with E-state index in [1.807, 2.05) is 31.2 Å². The molecule has 112 valence electrons. The predicted octanol–water partition coefficient (Wildman–Crippen LogP) is 3.56. The second kappa shape index (κ2) is 7.32. The van der Waals surface area contributed by atoms with Crippen LogP contribution in [0.15, 0.2) is 24.3 Å². The molecule has 1 N–H and O–H groups in total. The summed E-state index contributed by atoms with van der Waals surface area (Å²) in [5.74, 6) is 1.48. The summed E-state index contributed by atoms with van der Waals surface area (Å²) in [6.07, 6.45) is -0.488. The molecule has 0 aliphatic rings. The largest absolute Gasteiger partial charge is 0.481 e. The highest BCUT2D eigenvalue weighted by Gasteiger charge is 2.23. The Morgan fingerprint density at radius 2 is 1.50 bits per heavy atom. The van der Waals surface area contributed by atoms with E-state index in [1.54, 1.807) is 6.92 Å². The molecule has 20 heavy (non-hydrogen) atoms. The summed E-state index contributed by atoms with van der Waals surface area (Å²) in [5, 5.41) is 3.08. The highest BCUT2D eigenvalue weighted by molar-refractivity contribution is 5.81. The Hall–Kier alpha value is -1.51. The summed E-state index contributed by atoms with van der Waals surface area (Å²) >= 11 is 0. The summed E-state index contributed by atoms with van der Waals surface area (Å²) in [7, 11) is 0. The number of hydrogen-bond donors (Lipinski definition) is 1. The standard InChI is InChI=1S/C17H27NO2/c1-11(2)16(12(3)4)18-17(19)14(6)20-15-9-7-13(5)8-10-15/h7-12,14,16H,1-6H3,(H,18,19)/t14-/m1/s1. The molecule has 1 aromatic carbocycles. The van der Waals surface area contributed by atoms with Crippen molar-refractivity contribution < 1.29 is 9.53 Å². The van der Waals surface area contributed by atoms with Crippen molar-refractivity contribution in [2.24, 2.45) is 11.8 Å². The third-order valence-electron chi connectivity index (χ3n) is 3.45. The maximum atomic E-state index is 12.2. The average molecular weight is 277 g/mol. The fourth-order valence-corrected chi connectivity index (χ4v) is 2.26. The molecule has 0 heterocycles. The zero-order valence-electron chi connectivity index (χ0n) is 13.4. The van der Waals surface area contributed by atoms with E-state index in [1.165, 1.54) is 5.56 Å². The Kier molecular flexibility index (Phi) is 6.05. The first kappa shape index (κ1) is 16.5.